The lowest BCUT2D eigenvalue weighted by Crippen LogP contribution is -2.17. The number of aromatic nitrogens is 2. The second-order valence-corrected chi connectivity index (χ2v) is 9.16. The normalized spacial score (nSPS) is 12.4. The molecule has 27 heavy (non-hydrogen) atoms. The highest BCUT2D eigenvalue weighted by Gasteiger charge is 2.19. The molecule has 3 aromatic rings. The van der Waals surface area contributed by atoms with Crippen LogP contribution >= 0.6 is 34.3 Å². The van der Waals surface area contributed by atoms with Crippen LogP contribution in [0.4, 0.5) is 0 Å². The topological polar surface area (TPSA) is 56.5 Å². The molecule has 0 unspecified atom stereocenters. The smallest absolute Gasteiger partial charge is 0.283 e. The molecule has 1 aromatic carbocycles. The molecule has 0 aliphatic rings. The maximum Gasteiger partial charge on any atom is 0.283 e. The van der Waals surface area contributed by atoms with Crippen LogP contribution < -0.4 is 9.54 Å². The van der Waals surface area contributed by atoms with Gasteiger partial charge in [-0.2, -0.15) is 4.99 Å². The summed E-state index contributed by atoms with van der Waals surface area (Å²) in [6, 6.07) is 4.93. The first kappa shape index (κ1) is 19.8. The number of hydrogen-bond donors (Lipinski definition) is 0. The number of halogens is 1. The third-order valence-electron chi connectivity index (χ3n) is 3.86. The van der Waals surface area contributed by atoms with E-state index in [0.29, 0.717) is 27.7 Å². The van der Waals surface area contributed by atoms with Crippen molar-refractivity contribution in [1.29, 1.82) is 0 Å². The number of amides is 1. The molecule has 1 amide bonds. The number of rotatable bonds is 4. The number of thiazole rings is 2. The monoisotopic (exact) mass is 421 g/mol. The molecule has 0 atom stereocenters. The molecular weight excluding hydrogens is 402 g/mol. The van der Waals surface area contributed by atoms with Crippen LogP contribution in [0, 0.1) is 0 Å². The fourth-order valence-electron chi connectivity index (χ4n) is 2.41. The van der Waals surface area contributed by atoms with E-state index in [1.165, 1.54) is 18.4 Å². The standard InChI is InChI=1S/C19H20ClN3O2S2/c1-19(2,3)16-9-23(8-13-10-26-11-21-13)18(27-16)22-17(24)14-7-12(20)5-6-15(14)25-4/h5-7,9-11H,8H2,1-4H3. The van der Waals surface area contributed by atoms with E-state index in [-0.39, 0.29) is 11.3 Å². The molecule has 2 heterocycles. The van der Waals surface area contributed by atoms with Crippen molar-refractivity contribution in [2.45, 2.75) is 32.7 Å². The maximum atomic E-state index is 12.8. The molecule has 0 N–H and O–H groups in total. The van der Waals surface area contributed by atoms with Crippen molar-refractivity contribution in [2.75, 3.05) is 7.11 Å². The van der Waals surface area contributed by atoms with Crippen LogP contribution in [0.2, 0.25) is 5.02 Å². The predicted molar refractivity (Wildman–Crippen MR) is 110 cm³/mol. The molecule has 2 aromatic heterocycles. The average molecular weight is 422 g/mol. The van der Waals surface area contributed by atoms with Gasteiger partial charge in [0.15, 0.2) is 4.80 Å². The van der Waals surface area contributed by atoms with Crippen LogP contribution in [0.5, 0.6) is 5.75 Å². The molecule has 5 nitrogen and oxygen atoms in total. The van der Waals surface area contributed by atoms with Gasteiger partial charge in [0.05, 0.1) is 30.4 Å². The Hall–Kier alpha value is -1.96. The molecule has 0 aliphatic carbocycles. The Morgan fingerprint density at radius 2 is 2.15 bits per heavy atom. The van der Waals surface area contributed by atoms with E-state index < -0.39 is 0 Å². The summed E-state index contributed by atoms with van der Waals surface area (Å²) in [4.78, 5) is 23.3. The van der Waals surface area contributed by atoms with Crippen LogP contribution in [-0.2, 0) is 12.0 Å². The molecule has 0 aliphatic heterocycles. The van der Waals surface area contributed by atoms with Crippen molar-refractivity contribution in [3.63, 3.8) is 0 Å². The highest BCUT2D eigenvalue weighted by Crippen LogP contribution is 2.26. The van der Waals surface area contributed by atoms with Crippen LogP contribution in [0.1, 0.15) is 41.7 Å². The van der Waals surface area contributed by atoms with Gasteiger partial charge >= 0.3 is 0 Å². The van der Waals surface area contributed by atoms with Crippen molar-refractivity contribution in [1.82, 2.24) is 9.55 Å². The quantitative estimate of drug-likeness (QED) is 0.610. The predicted octanol–water partition coefficient (Wildman–Crippen LogP) is 4.76. The molecular formula is C19H20ClN3O2S2. The fourth-order valence-corrected chi connectivity index (χ4v) is 4.18. The van der Waals surface area contributed by atoms with Crippen molar-refractivity contribution < 1.29 is 9.53 Å². The van der Waals surface area contributed by atoms with Gasteiger partial charge in [0.25, 0.3) is 5.91 Å². The highest BCUT2D eigenvalue weighted by atomic mass is 35.5. The number of carbonyl (C=O) groups is 1. The van der Waals surface area contributed by atoms with E-state index in [9.17, 15) is 4.79 Å². The molecule has 0 radical (unpaired) electrons. The van der Waals surface area contributed by atoms with E-state index in [1.807, 2.05) is 16.1 Å². The van der Waals surface area contributed by atoms with Crippen molar-refractivity contribution in [3.8, 4) is 5.75 Å². The molecule has 0 fully saturated rings. The summed E-state index contributed by atoms with van der Waals surface area (Å²) in [5, 5.41) is 2.46. The fraction of sp³-hybridized carbons (Fsp3) is 0.316. The van der Waals surface area contributed by atoms with Gasteiger partial charge in [0, 0.05) is 21.5 Å². The van der Waals surface area contributed by atoms with Crippen LogP contribution in [-0.4, -0.2) is 22.6 Å². The molecule has 142 valence electrons. The zero-order valence-electron chi connectivity index (χ0n) is 15.5. The lowest BCUT2D eigenvalue weighted by atomic mass is 9.95. The van der Waals surface area contributed by atoms with Gasteiger partial charge in [0.1, 0.15) is 5.75 Å². The largest absolute Gasteiger partial charge is 0.496 e. The molecule has 0 saturated carbocycles. The zero-order valence-corrected chi connectivity index (χ0v) is 17.9. The first-order valence-corrected chi connectivity index (χ1v) is 10.4. The minimum absolute atomic E-state index is 0.0426. The van der Waals surface area contributed by atoms with Crippen LogP contribution in [0.3, 0.4) is 0 Å². The van der Waals surface area contributed by atoms with Crippen molar-refractivity contribution in [3.05, 3.63) is 61.2 Å². The van der Waals surface area contributed by atoms with E-state index in [1.54, 1.807) is 35.0 Å². The summed E-state index contributed by atoms with van der Waals surface area (Å²) < 4.78 is 7.25. The second-order valence-electron chi connectivity index (χ2n) is 7.00. The molecule has 0 saturated heterocycles. The first-order valence-electron chi connectivity index (χ1n) is 8.28. The van der Waals surface area contributed by atoms with Gasteiger partial charge in [-0.15, -0.1) is 22.7 Å². The van der Waals surface area contributed by atoms with Gasteiger partial charge in [-0.3, -0.25) is 4.79 Å². The Labute approximate surface area is 171 Å². The number of hydrogen-bond acceptors (Lipinski definition) is 5. The molecule has 3 rings (SSSR count). The van der Waals surface area contributed by atoms with Crippen LogP contribution in [0.15, 0.2) is 40.3 Å². The van der Waals surface area contributed by atoms with Gasteiger partial charge in [0.2, 0.25) is 0 Å². The van der Waals surface area contributed by atoms with E-state index in [4.69, 9.17) is 16.3 Å². The van der Waals surface area contributed by atoms with Gasteiger partial charge < -0.3 is 9.30 Å². The van der Waals surface area contributed by atoms with E-state index >= 15 is 0 Å². The van der Waals surface area contributed by atoms with Gasteiger partial charge in [-0.25, -0.2) is 4.98 Å². The summed E-state index contributed by atoms with van der Waals surface area (Å²) in [6.07, 6.45) is 2.05. The van der Waals surface area contributed by atoms with Gasteiger partial charge in [-0.1, -0.05) is 32.4 Å². The Balaban J connectivity index is 2.07. The van der Waals surface area contributed by atoms with Crippen molar-refractivity contribution in [2.24, 2.45) is 4.99 Å². The number of ether oxygens (including phenoxy) is 1. The third-order valence-corrected chi connectivity index (χ3v) is 6.18. The summed E-state index contributed by atoms with van der Waals surface area (Å²) >= 11 is 9.10. The molecule has 0 bridgehead atoms. The maximum absolute atomic E-state index is 12.8. The summed E-state index contributed by atoms with van der Waals surface area (Å²) in [6.45, 7) is 6.97. The minimum Gasteiger partial charge on any atom is -0.496 e. The number of benzene rings is 1. The number of methoxy groups -OCH3 is 1. The summed E-state index contributed by atoms with van der Waals surface area (Å²) in [5.74, 6) is 0.0653. The molecule has 0 spiro atoms. The van der Waals surface area contributed by atoms with E-state index in [2.05, 4.69) is 30.7 Å². The lowest BCUT2D eigenvalue weighted by Gasteiger charge is -2.14. The number of nitrogens with zero attached hydrogens (tertiary/aromatic N) is 3. The Kier molecular flexibility index (Phi) is 5.83. The van der Waals surface area contributed by atoms with Crippen molar-refractivity contribution >= 4 is 40.2 Å². The van der Waals surface area contributed by atoms with E-state index in [0.717, 1.165) is 10.6 Å². The summed E-state index contributed by atoms with van der Waals surface area (Å²) in [5.41, 5.74) is 3.04. The zero-order chi connectivity index (χ0) is 19.6. The Bertz CT molecular complexity index is 1010. The third kappa shape index (κ3) is 4.66. The number of carbonyl (C=O) groups excluding carboxylic acids is 1. The minimum atomic E-state index is -0.385. The lowest BCUT2D eigenvalue weighted by molar-refractivity contribution is 0.0995. The Morgan fingerprint density at radius 3 is 2.78 bits per heavy atom. The second kappa shape index (κ2) is 7.96. The highest BCUT2D eigenvalue weighted by molar-refractivity contribution is 7.09. The Morgan fingerprint density at radius 1 is 1.37 bits per heavy atom. The van der Waals surface area contributed by atoms with Crippen LogP contribution in [0.25, 0.3) is 0 Å². The first-order chi connectivity index (χ1) is 12.8. The molecule has 8 heteroatoms. The van der Waals surface area contributed by atoms with Gasteiger partial charge in [-0.05, 0) is 23.6 Å². The SMILES string of the molecule is COc1ccc(Cl)cc1C(=O)N=c1sc(C(C)(C)C)cn1Cc1cscn1. The average Bonchev–Trinajstić information content (AvgIpc) is 3.25. The summed E-state index contributed by atoms with van der Waals surface area (Å²) in [7, 11) is 1.52.